The number of thioether (sulfide) groups is 1. The summed E-state index contributed by atoms with van der Waals surface area (Å²) in [5.74, 6) is 0.399. The molecule has 0 radical (unpaired) electrons. The van der Waals surface area contributed by atoms with E-state index >= 15 is 0 Å². The second-order valence-electron chi connectivity index (χ2n) is 6.34. The normalized spacial score (nSPS) is 11.2. The molecule has 4 aromatic rings. The number of aryl methyl sites for hydroxylation is 2. The van der Waals surface area contributed by atoms with Gasteiger partial charge in [0.1, 0.15) is 5.82 Å². The maximum atomic E-state index is 13.1. The van der Waals surface area contributed by atoms with Crippen LogP contribution in [0.25, 0.3) is 11.3 Å². The Morgan fingerprint density at radius 1 is 1.04 bits per heavy atom. The summed E-state index contributed by atoms with van der Waals surface area (Å²) in [5, 5.41) is 8.90. The van der Waals surface area contributed by atoms with Crippen LogP contribution in [-0.2, 0) is 5.75 Å². The van der Waals surface area contributed by atoms with Gasteiger partial charge in [0.25, 0.3) is 0 Å². The first kappa shape index (κ1) is 17.5. The van der Waals surface area contributed by atoms with Crippen LogP contribution in [0.2, 0.25) is 0 Å². The van der Waals surface area contributed by atoms with Crippen LogP contribution in [-0.4, -0.2) is 19.2 Å². The summed E-state index contributed by atoms with van der Waals surface area (Å²) in [6.07, 6.45) is 3.40. The molecule has 0 fully saturated rings. The molecule has 0 N–H and O–H groups in total. The fourth-order valence-electron chi connectivity index (χ4n) is 2.87. The summed E-state index contributed by atoms with van der Waals surface area (Å²) in [6.45, 7) is 4.15. The molecule has 2 heterocycles. The SMILES string of the molecule is Cc1ccc(C)c(CSc2nnc3c(=O)n(-c4ccc(F)cc4)ccn23)c1. The van der Waals surface area contributed by atoms with Crippen molar-refractivity contribution in [3.8, 4) is 5.69 Å². The number of aromatic nitrogens is 4. The van der Waals surface area contributed by atoms with E-state index in [-0.39, 0.29) is 17.0 Å². The van der Waals surface area contributed by atoms with Crippen molar-refractivity contribution in [1.82, 2.24) is 19.2 Å². The highest BCUT2D eigenvalue weighted by Crippen LogP contribution is 2.23. The number of benzene rings is 2. The minimum atomic E-state index is -0.347. The van der Waals surface area contributed by atoms with Crippen LogP contribution in [0.3, 0.4) is 0 Å². The third kappa shape index (κ3) is 3.38. The average Bonchev–Trinajstić information content (AvgIpc) is 3.08. The fourth-order valence-corrected chi connectivity index (χ4v) is 3.85. The Labute approximate surface area is 159 Å². The maximum absolute atomic E-state index is 13.1. The molecule has 5 nitrogen and oxygen atoms in total. The Hall–Kier alpha value is -2.93. The molecule has 2 aromatic carbocycles. The topological polar surface area (TPSA) is 52.2 Å². The van der Waals surface area contributed by atoms with Crippen molar-refractivity contribution < 1.29 is 4.39 Å². The zero-order chi connectivity index (χ0) is 19.0. The van der Waals surface area contributed by atoms with E-state index in [2.05, 4.69) is 42.2 Å². The van der Waals surface area contributed by atoms with Crippen LogP contribution in [0.5, 0.6) is 0 Å². The summed E-state index contributed by atoms with van der Waals surface area (Å²) in [7, 11) is 0. The molecule has 0 amide bonds. The largest absolute Gasteiger partial charge is 0.300 e. The summed E-state index contributed by atoms with van der Waals surface area (Å²) in [5.41, 5.74) is 4.19. The molecule has 0 unspecified atom stereocenters. The molecule has 0 bridgehead atoms. The van der Waals surface area contributed by atoms with Gasteiger partial charge in [-0.3, -0.25) is 13.8 Å². The molecule has 4 rings (SSSR count). The van der Waals surface area contributed by atoms with Crippen LogP contribution < -0.4 is 5.56 Å². The van der Waals surface area contributed by atoms with Gasteiger partial charge in [-0.25, -0.2) is 4.39 Å². The number of fused-ring (bicyclic) bond motifs is 1. The van der Waals surface area contributed by atoms with Crippen molar-refractivity contribution in [2.24, 2.45) is 0 Å². The van der Waals surface area contributed by atoms with Gasteiger partial charge in [-0.15, -0.1) is 10.2 Å². The molecule has 0 atom stereocenters. The molecule has 0 aliphatic carbocycles. The van der Waals surface area contributed by atoms with Crippen LogP contribution >= 0.6 is 11.8 Å². The molecule has 0 aliphatic rings. The van der Waals surface area contributed by atoms with Crippen molar-refractivity contribution in [3.63, 3.8) is 0 Å². The van der Waals surface area contributed by atoms with Crippen LogP contribution in [0.4, 0.5) is 4.39 Å². The van der Waals surface area contributed by atoms with Gasteiger partial charge in [-0.2, -0.15) is 0 Å². The molecule has 0 saturated carbocycles. The molecule has 0 aliphatic heterocycles. The second kappa shape index (κ2) is 7.00. The third-order valence-corrected chi connectivity index (χ3v) is 5.40. The lowest BCUT2D eigenvalue weighted by atomic mass is 10.1. The van der Waals surface area contributed by atoms with E-state index in [9.17, 15) is 9.18 Å². The zero-order valence-electron chi connectivity index (χ0n) is 14.9. The second-order valence-corrected chi connectivity index (χ2v) is 7.29. The van der Waals surface area contributed by atoms with E-state index in [1.54, 1.807) is 28.9 Å². The van der Waals surface area contributed by atoms with Gasteiger partial charge in [0.2, 0.25) is 5.65 Å². The molecule has 2 aromatic heterocycles. The summed E-state index contributed by atoms with van der Waals surface area (Å²) in [6, 6.07) is 12.1. The summed E-state index contributed by atoms with van der Waals surface area (Å²) < 4.78 is 16.2. The van der Waals surface area contributed by atoms with E-state index in [0.29, 0.717) is 10.8 Å². The van der Waals surface area contributed by atoms with Crippen molar-refractivity contribution in [1.29, 1.82) is 0 Å². The van der Waals surface area contributed by atoms with Gasteiger partial charge in [0.15, 0.2) is 5.16 Å². The van der Waals surface area contributed by atoms with E-state index in [4.69, 9.17) is 0 Å². The predicted octanol–water partition coefficient (Wildman–Crippen LogP) is 3.93. The van der Waals surface area contributed by atoms with Crippen LogP contribution in [0, 0.1) is 19.7 Å². The smallest absolute Gasteiger partial charge is 0.280 e. The van der Waals surface area contributed by atoms with Crippen molar-refractivity contribution >= 4 is 17.4 Å². The molecule has 27 heavy (non-hydrogen) atoms. The van der Waals surface area contributed by atoms with Gasteiger partial charge in [-0.05, 0) is 49.2 Å². The van der Waals surface area contributed by atoms with Gasteiger partial charge in [-0.1, -0.05) is 35.5 Å². The predicted molar refractivity (Wildman–Crippen MR) is 104 cm³/mol. The van der Waals surface area contributed by atoms with E-state index in [1.807, 2.05) is 0 Å². The summed E-state index contributed by atoms with van der Waals surface area (Å²) >= 11 is 1.54. The van der Waals surface area contributed by atoms with Crippen LogP contribution in [0.15, 0.2) is 64.8 Å². The maximum Gasteiger partial charge on any atom is 0.300 e. The molecule has 7 heteroatoms. The highest BCUT2D eigenvalue weighted by atomic mass is 32.2. The van der Waals surface area contributed by atoms with Gasteiger partial charge < -0.3 is 0 Å². The highest BCUT2D eigenvalue weighted by molar-refractivity contribution is 7.98. The van der Waals surface area contributed by atoms with E-state index in [1.165, 1.54) is 45.2 Å². The Kier molecular flexibility index (Phi) is 4.53. The Morgan fingerprint density at radius 3 is 2.59 bits per heavy atom. The molecule has 0 saturated heterocycles. The first-order chi connectivity index (χ1) is 13.0. The van der Waals surface area contributed by atoms with Crippen LogP contribution in [0.1, 0.15) is 16.7 Å². The lowest BCUT2D eigenvalue weighted by Gasteiger charge is -2.07. The Bertz CT molecular complexity index is 1180. The van der Waals surface area contributed by atoms with E-state index in [0.717, 1.165) is 5.75 Å². The third-order valence-electron chi connectivity index (χ3n) is 4.41. The number of hydrogen-bond donors (Lipinski definition) is 0. The molecular weight excluding hydrogens is 363 g/mol. The average molecular weight is 380 g/mol. The molecule has 136 valence electrons. The standard InChI is InChI=1S/C20H17FN4OS/c1-13-3-4-14(2)15(11-13)12-27-20-23-22-18-19(26)24(9-10-25(18)20)17-7-5-16(21)6-8-17/h3-11H,12H2,1-2H3. The molecular formula is C20H17FN4OS. The minimum Gasteiger partial charge on any atom is -0.280 e. The van der Waals surface area contributed by atoms with Crippen molar-refractivity contribution in [3.05, 3.63) is 87.7 Å². The molecule has 0 spiro atoms. The highest BCUT2D eigenvalue weighted by Gasteiger charge is 2.12. The van der Waals surface area contributed by atoms with Gasteiger partial charge >= 0.3 is 5.56 Å². The fraction of sp³-hybridized carbons (Fsp3) is 0.150. The van der Waals surface area contributed by atoms with Crippen molar-refractivity contribution in [2.45, 2.75) is 24.8 Å². The van der Waals surface area contributed by atoms with Crippen molar-refractivity contribution in [2.75, 3.05) is 0 Å². The Balaban J connectivity index is 1.66. The summed E-state index contributed by atoms with van der Waals surface area (Å²) in [4.78, 5) is 12.7. The number of rotatable bonds is 4. The first-order valence-electron chi connectivity index (χ1n) is 8.44. The zero-order valence-corrected chi connectivity index (χ0v) is 15.7. The lowest BCUT2D eigenvalue weighted by Crippen LogP contribution is -2.20. The monoisotopic (exact) mass is 380 g/mol. The minimum absolute atomic E-state index is 0.241. The van der Waals surface area contributed by atoms with Gasteiger partial charge in [0.05, 0.1) is 0 Å². The quantitative estimate of drug-likeness (QED) is 0.504. The number of halogens is 1. The lowest BCUT2D eigenvalue weighted by molar-refractivity contribution is 0.627. The van der Waals surface area contributed by atoms with E-state index < -0.39 is 0 Å². The first-order valence-corrected chi connectivity index (χ1v) is 9.43. The van der Waals surface area contributed by atoms with Gasteiger partial charge in [0, 0.05) is 23.8 Å². The Morgan fingerprint density at radius 2 is 1.81 bits per heavy atom. The number of hydrogen-bond acceptors (Lipinski definition) is 4. The number of nitrogens with zero attached hydrogens (tertiary/aromatic N) is 4.